The number of anilines is 2. The van der Waals surface area contributed by atoms with Gasteiger partial charge < -0.3 is 10.6 Å². The predicted molar refractivity (Wildman–Crippen MR) is 82.3 cm³/mol. The van der Waals surface area contributed by atoms with Crippen LogP contribution >= 0.6 is 0 Å². The normalized spacial score (nSPS) is 15.7. The van der Waals surface area contributed by atoms with Crippen molar-refractivity contribution in [2.45, 2.75) is 12.8 Å². The number of fused-ring (bicyclic) bond motifs is 1. The lowest BCUT2D eigenvalue weighted by Gasteiger charge is -2.09. The average Bonchev–Trinajstić information content (AvgIpc) is 2.81. The molecule has 0 fully saturated rings. The zero-order chi connectivity index (χ0) is 16.6. The highest BCUT2D eigenvalue weighted by atomic mass is 16.6. The monoisotopic (exact) mass is 312 g/mol. The van der Waals surface area contributed by atoms with Crippen molar-refractivity contribution < 1.29 is 14.5 Å². The summed E-state index contributed by atoms with van der Waals surface area (Å²) in [5.74, 6) is -1.21. The Hall–Kier alpha value is -3.29. The summed E-state index contributed by atoms with van der Waals surface area (Å²) in [7, 11) is 0. The van der Waals surface area contributed by atoms with E-state index in [1.807, 2.05) is 0 Å². The minimum atomic E-state index is -0.589. The molecular formula is C15H12N4O4. The molecular weight excluding hydrogens is 300 g/mol. The van der Waals surface area contributed by atoms with Gasteiger partial charge in [-0.2, -0.15) is 0 Å². The van der Waals surface area contributed by atoms with Crippen LogP contribution in [0.2, 0.25) is 0 Å². The van der Waals surface area contributed by atoms with Gasteiger partial charge in [-0.15, -0.1) is 0 Å². The number of nitrogens with one attached hydrogen (secondary N) is 2. The van der Waals surface area contributed by atoms with Crippen LogP contribution in [-0.4, -0.2) is 21.7 Å². The Labute approximate surface area is 130 Å². The second-order valence-corrected chi connectivity index (χ2v) is 5.12. The molecule has 2 amide bonds. The van der Waals surface area contributed by atoms with Crippen molar-refractivity contribution in [3.8, 4) is 0 Å². The number of aromatic nitrogens is 1. The van der Waals surface area contributed by atoms with Crippen molar-refractivity contribution in [1.82, 2.24) is 4.98 Å². The SMILES string of the molecule is CC1C(=O)Nc2cc(NC(=O)c3cccnc3)c([N+](=O)[O-])cc21. The third-order valence-electron chi connectivity index (χ3n) is 3.65. The molecule has 2 N–H and O–H groups in total. The fraction of sp³-hybridized carbons (Fsp3) is 0.133. The highest BCUT2D eigenvalue weighted by molar-refractivity contribution is 6.08. The lowest BCUT2D eigenvalue weighted by atomic mass is 10.0. The maximum Gasteiger partial charge on any atom is 0.293 e. The predicted octanol–water partition coefficient (Wildman–Crippen LogP) is 2.30. The molecule has 1 atom stereocenters. The highest BCUT2D eigenvalue weighted by Gasteiger charge is 2.31. The zero-order valence-corrected chi connectivity index (χ0v) is 12.1. The van der Waals surface area contributed by atoms with Crippen LogP contribution in [0.3, 0.4) is 0 Å². The van der Waals surface area contributed by atoms with E-state index in [1.54, 1.807) is 19.1 Å². The second-order valence-electron chi connectivity index (χ2n) is 5.12. The van der Waals surface area contributed by atoms with Gasteiger partial charge in [-0.25, -0.2) is 0 Å². The van der Waals surface area contributed by atoms with Gasteiger partial charge in [0.1, 0.15) is 5.69 Å². The second kappa shape index (κ2) is 5.48. The van der Waals surface area contributed by atoms with Gasteiger partial charge in [0, 0.05) is 24.1 Å². The Morgan fingerprint density at radius 2 is 2.22 bits per heavy atom. The number of nitrogens with zero attached hydrogens (tertiary/aromatic N) is 2. The lowest BCUT2D eigenvalue weighted by molar-refractivity contribution is -0.384. The van der Waals surface area contributed by atoms with Crippen molar-refractivity contribution in [2.24, 2.45) is 0 Å². The molecule has 1 unspecified atom stereocenters. The van der Waals surface area contributed by atoms with E-state index in [9.17, 15) is 19.7 Å². The molecule has 1 aliphatic rings. The van der Waals surface area contributed by atoms with Crippen molar-refractivity contribution in [3.63, 3.8) is 0 Å². The fourth-order valence-electron chi connectivity index (χ4n) is 2.40. The summed E-state index contributed by atoms with van der Waals surface area (Å²) in [5, 5.41) is 16.4. The minimum absolute atomic E-state index is 0.0250. The maximum atomic E-state index is 12.2. The van der Waals surface area contributed by atoms with Crippen molar-refractivity contribution >= 4 is 28.9 Å². The minimum Gasteiger partial charge on any atom is -0.325 e. The van der Waals surface area contributed by atoms with Gasteiger partial charge >= 0.3 is 0 Å². The Kier molecular flexibility index (Phi) is 3.49. The molecule has 1 aliphatic heterocycles. The Bertz CT molecular complexity index is 820. The van der Waals surface area contributed by atoms with E-state index < -0.39 is 16.7 Å². The van der Waals surface area contributed by atoms with E-state index in [0.29, 0.717) is 11.3 Å². The summed E-state index contributed by atoms with van der Waals surface area (Å²) in [6.07, 6.45) is 2.88. The van der Waals surface area contributed by atoms with Crippen molar-refractivity contribution in [3.05, 3.63) is 57.9 Å². The number of benzene rings is 1. The van der Waals surface area contributed by atoms with E-state index in [4.69, 9.17) is 0 Å². The number of hydrogen-bond acceptors (Lipinski definition) is 5. The van der Waals surface area contributed by atoms with Crippen molar-refractivity contribution in [2.75, 3.05) is 10.6 Å². The van der Waals surface area contributed by atoms with Crippen LogP contribution in [0.4, 0.5) is 17.1 Å². The first kappa shape index (κ1) is 14.6. The summed E-state index contributed by atoms with van der Waals surface area (Å²) >= 11 is 0. The molecule has 1 aromatic carbocycles. The number of nitro benzene ring substituents is 1. The molecule has 23 heavy (non-hydrogen) atoms. The maximum absolute atomic E-state index is 12.2. The quantitative estimate of drug-likeness (QED) is 0.666. The van der Waals surface area contributed by atoms with Crippen LogP contribution < -0.4 is 10.6 Å². The number of pyridine rings is 1. The average molecular weight is 312 g/mol. The summed E-state index contributed by atoms with van der Waals surface area (Å²) < 4.78 is 0. The summed E-state index contributed by atoms with van der Waals surface area (Å²) in [5.41, 5.74) is 1.05. The Morgan fingerprint density at radius 1 is 1.43 bits per heavy atom. The number of nitro groups is 1. The van der Waals surface area contributed by atoms with E-state index in [0.717, 1.165) is 0 Å². The van der Waals surface area contributed by atoms with Crippen LogP contribution in [0.1, 0.15) is 28.8 Å². The molecule has 8 nitrogen and oxygen atoms in total. The topological polar surface area (TPSA) is 114 Å². The zero-order valence-electron chi connectivity index (χ0n) is 12.1. The summed E-state index contributed by atoms with van der Waals surface area (Å²) in [6.45, 7) is 1.67. The molecule has 2 heterocycles. The number of amides is 2. The standard InChI is InChI=1S/C15H12N4O4/c1-8-10-5-13(19(22)23)12(6-11(10)17-14(8)20)18-15(21)9-3-2-4-16-7-9/h2-8H,1H3,(H,17,20)(H,18,21). The summed E-state index contributed by atoms with van der Waals surface area (Å²) in [4.78, 5) is 38.4. The largest absolute Gasteiger partial charge is 0.325 e. The smallest absolute Gasteiger partial charge is 0.293 e. The summed E-state index contributed by atoms with van der Waals surface area (Å²) in [6, 6.07) is 5.86. The van der Waals surface area contributed by atoms with Crippen LogP contribution in [0, 0.1) is 10.1 Å². The van der Waals surface area contributed by atoms with Crippen LogP contribution in [0.15, 0.2) is 36.7 Å². The molecule has 116 valence electrons. The molecule has 1 aromatic heterocycles. The molecule has 0 bridgehead atoms. The first-order chi connectivity index (χ1) is 11.0. The Morgan fingerprint density at radius 3 is 2.87 bits per heavy atom. The fourth-order valence-corrected chi connectivity index (χ4v) is 2.40. The van der Waals surface area contributed by atoms with E-state index in [-0.39, 0.29) is 22.8 Å². The van der Waals surface area contributed by atoms with Gasteiger partial charge in [-0.1, -0.05) is 0 Å². The van der Waals surface area contributed by atoms with Crippen LogP contribution in [-0.2, 0) is 4.79 Å². The van der Waals surface area contributed by atoms with Crippen molar-refractivity contribution in [1.29, 1.82) is 0 Å². The molecule has 3 rings (SSSR count). The third-order valence-corrected chi connectivity index (χ3v) is 3.65. The molecule has 0 spiro atoms. The molecule has 0 aliphatic carbocycles. The van der Waals surface area contributed by atoms with Gasteiger partial charge in [0.15, 0.2) is 0 Å². The number of carbonyl (C=O) groups is 2. The first-order valence-corrected chi connectivity index (χ1v) is 6.82. The molecule has 0 saturated carbocycles. The van der Waals surface area contributed by atoms with Gasteiger partial charge in [-0.05, 0) is 30.7 Å². The van der Waals surface area contributed by atoms with Gasteiger partial charge in [0.2, 0.25) is 5.91 Å². The van der Waals surface area contributed by atoms with E-state index in [2.05, 4.69) is 15.6 Å². The van der Waals surface area contributed by atoms with Crippen LogP contribution in [0.25, 0.3) is 0 Å². The molecule has 8 heteroatoms. The number of hydrogen-bond donors (Lipinski definition) is 2. The third kappa shape index (κ3) is 2.61. The molecule has 0 saturated heterocycles. The highest BCUT2D eigenvalue weighted by Crippen LogP contribution is 2.39. The van der Waals surface area contributed by atoms with Gasteiger partial charge in [-0.3, -0.25) is 24.7 Å². The number of rotatable bonds is 3. The van der Waals surface area contributed by atoms with Gasteiger partial charge in [0.25, 0.3) is 11.6 Å². The van der Waals surface area contributed by atoms with E-state index in [1.165, 1.54) is 24.5 Å². The molecule has 2 aromatic rings. The van der Waals surface area contributed by atoms with E-state index >= 15 is 0 Å². The first-order valence-electron chi connectivity index (χ1n) is 6.82. The molecule has 0 radical (unpaired) electrons. The lowest BCUT2D eigenvalue weighted by Crippen LogP contribution is -2.13. The number of carbonyl (C=O) groups excluding carboxylic acids is 2. The van der Waals surface area contributed by atoms with Gasteiger partial charge in [0.05, 0.1) is 16.4 Å². The Balaban J connectivity index is 1.99. The van der Waals surface area contributed by atoms with Crippen LogP contribution in [0.5, 0.6) is 0 Å².